The normalized spacial score (nSPS) is 29.3. The van der Waals surface area contributed by atoms with Crippen LogP contribution >= 0.6 is 0 Å². The summed E-state index contributed by atoms with van der Waals surface area (Å²) in [6, 6.07) is 0. The van der Waals surface area contributed by atoms with Crippen molar-refractivity contribution in [1.29, 1.82) is 0 Å². The van der Waals surface area contributed by atoms with Crippen molar-refractivity contribution in [2.45, 2.75) is 19.0 Å². The number of hydrogen-bond donors (Lipinski definition) is 2. The average molecular weight is 182 g/mol. The van der Waals surface area contributed by atoms with Crippen molar-refractivity contribution in [3.63, 3.8) is 0 Å². The van der Waals surface area contributed by atoms with Gasteiger partial charge in [-0.1, -0.05) is 0 Å². The second-order valence-electron chi connectivity index (χ2n) is 2.92. The molecule has 0 aromatic heterocycles. The summed E-state index contributed by atoms with van der Waals surface area (Å²) >= 11 is 0. The molecule has 12 heavy (non-hydrogen) atoms. The molecule has 3 N–H and O–H groups in total. The van der Waals surface area contributed by atoms with Crippen LogP contribution in [0.25, 0.3) is 0 Å². The van der Waals surface area contributed by atoms with E-state index in [0.717, 1.165) is 0 Å². The summed E-state index contributed by atoms with van der Waals surface area (Å²) in [7, 11) is 0. The first-order valence-corrected chi connectivity index (χ1v) is 3.52. The lowest BCUT2D eigenvalue weighted by Gasteiger charge is -2.34. The second kappa shape index (κ2) is 2.93. The molecule has 0 aromatic rings. The third-order valence-electron chi connectivity index (χ3n) is 2.11. The van der Waals surface area contributed by atoms with Crippen LogP contribution in [0.15, 0.2) is 0 Å². The fourth-order valence-electron chi connectivity index (χ4n) is 1.22. The van der Waals surface area contributed by atoms with Crippen molar-refractivity contribution < 1.29 is 18.0 Å². The molecule has 0 atom stereocenters. The van der Waals surface area contributed by atoms with Gasteiger partial charge in [-0.15, -0.1) is 0 Å². The number of carbonyl (C=O) groups excluding carboxylic acids is 1. The van der Waals surface area contributed by atoms with Crippen molar-refractivity contribution in [2.24, 2.45) is 17.7 Å². The molecular formula is C6H9F3N2O. The molecule has 1 fully saturated rings. The lowest BCUT2D eigenvalue weighted by Crippen LogP contribution is -2.45. The number of rotatable bonds is 1. The van der Waals surface area contributed by atoms with Crippen LogP contribution in [-0.2, 0) is 4.79 Å². The minimum atomic E-state index is -4.16. The van der Waals surface area contributed by atoms with Gasteiger partial charge in [0, 0.05) is 5.92 Å². The van der Waals surface area contributed by atoms with E-state index in [4.69, 9.17) is 5.84 Å². The summed E-state index contributed by atoms with van der Waals surface area (Å²) in [4.78, 5) is 10.7. The predicted octanol–water partition coefficient (Wildman–Crippen LogP) is 0.565. The SMILES string of the molecule is NNC(=O)C1CC(C(F)(F)F)C1. The first kappa shape index (κ1) is 9.31. The summed E-state index contributed by atoms with van der Waals surface area (Å²) in [5.74, 6) is 2.38. The Morgan fingerprint density at radius 2 is 1.92 bits per heavy atom. The second-order valence-corrected chi connectivity index (χ2v) is 2.92. The van der Waals surface area contributed by atoms with Crippen LogP contribution in [0.1, 0.15) is 12.8 Å². The molecule has 3 nitrogen and oxygen atoms in total. The summed E-state index contributed by atoms with van der Waals surface area (Å²) in [5.41, 5.74) is 1.83. The monoisotopic (exact) mass is 182 g/mol. The van der Waals surface area contributed by atoms with Gasteiger partial charge in [0.25, 0.3) is 0 Å². The van der Waals surface area contributed by atoms with E-state index in [2.05, 4.69) is 0 Å². The van der Waals surface area contributed by atoms with E-state index >= 15 is 0 Å². The zero-order valence-electron chi connectivity index (χ0n) is 6.19. The van der Waals surface area contributed by atoms with Gasteiger partial charge in [0.05, 0.1) is 5.92 Å². The topological polar surface area (TPSA) is 55.1 Å². The maximum Gasteiger partial charge on any atom is 0.391 e. The van der Waals surface area contributed by atoms with Crippen molar-refractivity contribution in [3.05, 3.63) is 0 Å². The van der Waals surface area contributed by atoms with Gasteiger partial charge in [0.2, 0.25) is 5.91 Å². The van der Waals surface area contributed by atoms with Crippen molar-refractivity contribution >= 4 is 5.91 Å². The molecule has 1 saturated carbocycles. The van der Waals surface area contributed by atoms with E-state index in [9.17, 15) is 18.0 Å². The van der Waals surface area contributed by atoms with Gasteiger partial charge in [-0.2, -0.15) is 13.2 Å². The summed E-state index contributed by atoms with van der Waals surface area (Å²) < 4.78 is 35.6. The highest BCUT2D eigenvalue weighted by Crippen LogP contribution is 2.44. The molecule has 1 aliphatic carbocycles. The lowest BCUT2D eigenvalue weighted by molar-refractivity contribution is -0.204. The van der Waals surface area contributed by atoms with E-state index in [1.54, 1.807) is 0 Å². The van der Waals surface area contributed by atoms with Crippen LogP contribution in [0.4, 0.5) is 13.2 Å². The van der Waals surface area contributed by atoms with Gasteiger partial charge >= 0.3 is 6.18 Å². The van der Waals surface area contributed by atoms with Crippen LogP contribution < -0.4 is 11.3 Å². The van der Waals surface area contributed by atoms with Gasteiger partial charge in [0.1, 0.15) is 0 Å². The van der Waals surface area contributed by atoms with Gasteiger partial charge < -0.3 is 0 Å². The van der Waals surface area contributed by atoms with Crippen LogP contribution in [0.3, 0.4) is 0 Å². The highest BCUT2D eigenvalue weighted by Gasteiger charge is 2.49. The molecule has 1 aliphatic rings. The smallest absolute Gasteiger partial charge is 0.294 e. The quantitative estimate of drug-likeness (QED) is 0.354. The van der Waals surface area contributed by atoms with Crippen molar-refractivity contribution in [2.75, 3.05) is 0 Å². The van der Waals surface area contributed by atoms with Gasteiger partial charge in [-0.05, 0) is 12.8 Å². The van der Waals surface area contributed by atoms with Crippen LogP contribution in [-0.4, -0.2) is 12.1 Å². The van der Waals surface area contributed by atoms with E-state index in [1.165, 1.54) is 0 Å². The van der Waals surface area contributed by atoms with E-state index in [-0.39, 0.29) is 12.8 Å². The average Bonchev–Trinajstić information content (AvgIpc) is 1.80. The molecule has 0 bridgehead atoms. The zero-order valence-corrected chi connectivity index (χ0v) is 6.19. The molecule has 0 saturated heterocycles. The number of nitrogens with one attached hydrogen (secondary N) is 1. The van der Waals surface area contributed by atoms with Crippen LogP contribution in [0, 0.1) is 11.8 Å². The summed E-state index contributed by atoms with van der Waals surface area (Å²) in [5, 5.41) is 0. The number of alkyl halides is 3. The number of hydrogen-bond acceptors (Lipinski definition) is 2. The Balaban J connectivity index is 2.34. The van der Waals surface area contributed by atoms with Gasteiger partial charge in [-0.3, -0.25) is 10.2 Å². The molecule has 0 unspecified atom stereocenters. The number of hydrazine groups is 1. The molecular weight excluding hydrogens is 173 g/mol. The largest absolute Gasteiger partial charge is 0.391 e. The van der Waals surface area contributed by atoms with E-state index in [1.807, 2.05) is 5.43 Å². The van der Waals surface area contributed by atoms with E-state index in [0.29, 0.717) is 0 Å². The first-order valence-electron chi connectivity index (χ1n) is 3.52. The standard InChI is InChI=1S/C6H9F3N2O/c7-6(8,9)4-1-3(2-4)5(12)11-10/h3-4H,1-2,10H2,(H,11,12). The van der Waals surface area contributed by atoms with Gasteiger partial charge in [0.15, 0.2) is 0 Å². The van der Waals surface area contributed by atoms with Crippen LogP contribution in [0.5, 0.6) is 0 Å². The molecule has 6 heteroatoms. The number of carbonyl (C=O) groups is 1. The molecule has 70 valence electrons. The minimum Gasteiger partial charge on any atom is -0.294 e. The Bertz CT molecular complexity index is 186. The number of halogens is 3. The predicted molar refractivity (Wildman–Crippen MR) is 34.6 cm³/mol. The Kier molecular flexibility index (Phi) is 2.27. The zero-order chi connectivity index (χ0) is 9.35. The van der Waals surface area contributed by atoms with Crippen molar-refractivity contribution in [3.8, 4) is 0 Å². The molecule has 1 rings (SSSR count). The Morgan fingerprint density at radius 1 is 1.42 bits per heavy atom. The lowest BCUT2D eigenvalue weighted by atomic mass is 9.74. The molecule has 0 radical (unpaired) electrons. The fourth-order valence-corrected chi connectivity index (χ4v) is 1.22. The van der Waals surface area contributed by atoms with Crippen molar-refractivity contribution in [1.82, 2.24) is 5.43 Å². The van der Waals surface area contributed by atoms with Crippen LogP contribution in [0.2, 0.25) is 0 Å². The third kappa shape index (κ3) is 1.69. The summed E-state index contributed by atoms with van der Waals surface area (Å²) in [6.07, 6.45) is -4.43. The Morgan fingerprint density at radius 3 is 2.25 bits per heavy atom. The Labute approximate surface area is 67.1 Å². The van der Waals surface area contributed by atoms with Gasteiger partial charge in [-0.25, -0.2) is 5.84 Å². The maximum absolute atomic E-state index is 11.9. The molecule has 0 spiro atoms. The fraction of sp³-hybridized carbons (Fsp3) is 0.833. The first-order chi connectivity index (χ1) is 5.45. The molecule has 0 heterocycles. The maximum atomic E-state index is 11.9. The number of nitrogens with two attached hydrogens (primary N) is 1. The molecule has 1 amide bonds. The minimum absolute atomic E-state index is 0.132. The highest BCUT2D eigenvalue weighted by molar-refractivity contribution is 5.78. The van der Waals surface area contributed by atoms with E-state index < -0.39 is 23.9 Å². The molecule has 0 aliphatic heterocycles. The molecule has 0 aromatic carbocycles. The third-order valence-corrected chi connectivity index (χ3v) is 2.11. The number of amides is 1. The highest BCUT2D eigenvalue weighted by atomic mass is 19.4. The Hall–Kier alpha value is -0.780. The summed E-state index contributed by atoms with van der Waals surface area (Å²) in [6.45, 7) is 0.